The van der Waals surface area contributed by atoms with E-state index >= 15 is 0 Å². The van der Waals surface area contributed by atoms with Crippen LogP contribution in [0.15, 0.2) is 66.9 Å². The molecule has 0 radical (unpaired) electrons. The summed E-state index contributed by atoms with van der Waals surface area (Å²) in [4.78, 5) is 29.9. The second kappa shape index (κ2) is 10.8. The molecule has 1 atom stereocenters. The van der Waals surface area contributed by atoms with Crippen LogP contribution in [0, 0.1) is 5.82 Å². The Morgan fingerprint density at radius 3 is 2.49 bits per heavy atom. The second-order valence-electron chi connectivity index (χ2n) is 9.27. The Morgan fingerprint density at radius 1 is 1.06 bits per heavy atom. The molecular formula is C28H33FN4O2. The van der Waals surface area contributed by atoms with E-state index in [1.54, 1.807) is 12.1 Å². The molecule has 184 valence electrons. The number of hydrogen-bond donors (Lipinski definition) is 1. The number of urea groups is 1. The summed E-state index contributed by atoms with van der Waals surface area (Å²) in [5, 5.41) is 2.61. The van der Waals surface area contributed by atoms with E-state index in [1.165, 1.54) is 22.6 Å². The average Bonchev–Trinajstić information content (AvgIpc) is 3.33. The second-order valence-corrected chi connectivity index (χ2v) is 9.27. The Kier molecular flexibility index (Phi) is 7.54. The highest BCUT2D eigenvalue weighted by Crippen LogP contribution is 2.33. The lowest BCUT2D eigenvalue weighted by Crippen LogP contribution is -2.49. The van der Waals surface area contributed by atoms with Crippen LogP contribution < -0.4 is 5.32 Å². The lowest BCUT2D eigenvalue weighted by Gasteiger charge is -2.38. The van der Waals surface area contributed by atoms with E-state index in [4.69, 9.17) is 0 Å². The summed E-state index contributed by atoms with van der Waals surface area (Å²) in [6, 6.07) is 17.8. The van der Waals surface area contributed by atoms with E-state index in [9.17, 15) is 14.0 Å². The lowest BCUT2D eigenvalue weighted by molar-refractivity contribution is -0.134. The van der Waals surface area contributed by atoms with Crippen LogP contribution in [0.2, 0.25) is 0 Å². The molecule has 1 aromatic heterocycles. The van der Waals surface area contributed by atoms with Gasteiger partial charge in [0.1, 0.15) is 12.4 Å². The van der Waals surface area contributed by atoms with E-state index < -0.39 is 11.8 Å². The maximum Gasteiger partial charge on any atom is 0.322 e. The monoisotopic (exact) mass is 476 g/mol. The Bertz CT molecular complexity index is 1170. The van der Waals surface area contributed by atoms with E-state index in [0.717, 1.165) is 11.3 Å². The van der Waals surface area contributed by atoms with Gasteiger partial charge in [0.25, 0.3) is 0 Å². The average molecular weight is 477 g/mol. The van der Waals surface area contributed by atoms with Crippen molar-refractivity contribution < 1.29 is 14.0 Å². The minimum atomic E-state index is -0.509. The molecule has 0 aliphatic carbocycles. The molecule has 6 nitrogen and oxygen atoms in total. The highest BCUT2D eigenvalue weighted by Gasteiger charge is 2.33. The molecular weight excluding hydrogens is 443 g/mol. The van der Waals surface area contributed by atoms with Crippen molar-refractivity contribution in [1.82, 2.24) is 14.4 Å². The third kappa shape index (κ3) is 5.39. The molecule has 2 heterocycles. The fourth-order valence-electron chi connectivity index (χ4n) is 4.60. The molecule has 7 heteroatoms. The van der Waals surface area contributed by atoms with Gasteiger partial charge in [0.2, 0.25) is 5.91 Å². The Hall–Kier alpha value is -3.61. The van der Waals surface area contributed by atoms with Gasteiger partial charge in [-0.15, -0.1) is 0 Å². The molecule has 0 saturated carbocycles. The van der Waals surface area contributed by atoms with Crippen molar-refractivity contribution >= 4 is 17.6 Å². The predicted molar refractivity (Wildman–Crippen MR) is 136 cm³/mol. The number of carbonyl (C=O) groups is 2. The topological polar surface area (TPSA) is 57.6 Å². The highest BCUT2D eigenvalue weighted by molar-refractivity contribution is 5.92. The molecule has 3 amide bonds. The number of benzene rings is 2. The number of anilines is 1. The first-order chi connectivity index (χ1) is 16.9. The number of hydrogen-bond acceptors (Lipinski definition) is 2. The summed E-state index contributed by atoms with van der Waals surface area (Å²) in [7, 11) is 0. The molecule has 3 aromatic rings. The third-order valence-corrected chi connectivity index (χ3v) is 6.50. The first kappa shape index (κ1) is 24.5. The van der Waals surface area contributed by atoms with E-state index in [2.05, 4.69) is 54.1 Å². The van der Waals surface area contributed by atoms with Crippen LogP contribution >= 0.6 is 0 Å². The molecule has 1 N–H and O–H groups in total. The fraction of sp³-hybridized carbons (Fsp3) is 0.357. The van der Waals surface area contributed by atoms with Gasteiger partial charge in [-0.3, -0.25) is 4.79 Å². The van der Waals surface area contributed by atoms with E-state index in [0.29, 0.717) is 32.0 Å². The van der Waals surface area contributed by atoms with Gasteiger partial charge in [0.15, 0.2) is 0 Å². The minimum absolute atomic E-state index is 0.0740. The van der Waals surface area contributed by atoms with Gasteiger partial charge < -0.3 is 19.7 Å². The molecule has 0 fully saturated rings. The molecule has 2 aromatic carbocycles. The predicted octanol–water partition coefficient (Wildman–Crippen LogP) is 5.63. The van der Waals surface area contributed by atoms with E-state index in [1.807, 2.05) is 24.1 Å². The quantitative estimate of drug-likeness (QED) is 0.481. The van der Waals surface area contributed by atoms with Crippen molar-refractivity contribution in [3.05, 3.63) is 89.5 Å². The van der Waals surface area contributed by atoms with Crippen molar-refractivity contribution in [2.24, 2.45) is 0 Å². The number of aromatic nitrogens is 1. The lowest BCUT2D eigenvalue weighted by atomic mass is 9.95. The number of nitrogens with one attached hydrogen (secondary N) is 1. The summed E-state index contributed by atoms with van der Waals surface area (Å²) in [6.07, 6.45) is 2.72. The maximum absolute atomic E-state index is 14.1. The number of rotatable bonds is 7. The van der Waals surface area contributed by atoms with Crippen LogP contribution in [0.25, 0.3) is 0 Å². The summed E-state index contributed by atoms with van der Waals surface area (Å²) in [6.45, 7) is 7.83. The van der Waals surface area contributed by atoms with Gasteiger partial charge in [-0.1, -0.05) is 57.2 Å². The maximum atomic E-state index is 14.1. The van der Waals surface area contributed by atoms with Crippen molar-refractivity contribution in [2.75, 3.05) is 25.0 Å². The zero-order valence-corrected chi connectivity index (χ0v) is 20.6. The van der Waals surface area contributed by atoms with Crippen molar-refractivity contribution in [2.45, 2.75) is 45.7 Å². The molecule has 1 unspecified atom stereocenters. The van der Waals surface area contributed by atoms with Gasteiger partial charge in [-0.05, 0) is 47.7 Å². The van der Waals surface area contributed by atoms with Gasteiger partial charge in [-0.25, -0.2) is 9.18 Å². The molecule has 35 heavy (non-hydrogen) atoms. The number of fused-ring (bicyclic) bond motifs is 1. The number of halogens is 1. The zero-order valence-electron chi connectivity index (χ0n) is 20.6. The van der Waals surface area contributed by atoms with Crippen LogP contribution in [0.4, 0.5) is 14.9 Å². The molecule has 4 rings (SSSR count). The summed E-state index contributed by atoms with van der Waals surface area (Å²) < 4.78 is 16.2. The van der Waals surface area contributed by atoms with Gasteiger partial charge in [0.05, 0.1) is 11.7 Å². The Labute approximate surface area is 206 Å². The Balaban J connectivity index is 1.57. The summed E-state index contributed by atoms with van der Waals surface area (Å²) >= 11 is 0. The molecule has 1 aliphatic heterocycles. The van der Waals surface area contributed by atoms with Crippen LogP contribution in [0.1, 0.15) is 56.0 Å². The number of amides is 3. The van der Waals surface area contributed by atoms with Gasteiger partial charge in [-0.2, -0.15) is 0 Å². The zero-order chi connectivity index (χ0) is 24.9. The van der Waals surface area contributed by atoms with Gasteiger partial charge >= 0.3 is 6.03 Å². The van der Waals surface area contributed by atoms with Gasteiger partial charge in [0, 0.05) is 31.5 Å². The SMILES string of the molecule is CCCN(CC(=O)N1CCn2cccc2C1c1ccc(C(C)C)cc1)C(=O)Nc1ccccc1F. The molecule has 0 saturated heterocycles. The molecule has 0 bridgehead atoms. The van der Waals surface area contributed by atoms with Crippen molar-refractivity contribution in [1.29, 1.82) is 0 Å². The fourth-order valence-corrected chi connectivity index (χ4v) is 4.60. The smallest absolute Gasteiger partial charge is 0.322 e. The standard InChI is InChI=1S/C28H33FN4O2/c1-4-15-32(28(35)30-24-9-6-5-8-23(24)29)19-26(34)33-18-17-31-16-7-10-25(31)27(33)22-13-11-21(12-14-22)20(2)3/h5-14,16,20,27H,4,15,17-19H2,1-3H3,(H,30,35). The van der Waals surface area contributed by atoms with Crippen LogP contribution in [-0.4, -0.2) is 45.9 Å². The van der Waals surface area contributed by atoms with Crippen LogP contribution in [-0.2, 0) is 11.3 Å². The Morgan fingerprint density at radius 2 is 1.80 bits per heavy atom. The number of para-hydroxylation sites is 1. The number of nitrogens with zero attached hydrogens (tertiary/aromatic N) is 3. The minimum Gasteiger partial charge on any atom is -0.348 e. The molecule has 0 spiro atoms. The first-order valence-electron chi connectivity index (χ1n) is 12.2. The normalized spacial score (nSPS) is 15.1. The largest absolute Gasteiger partial charge is 0.348 e. The van der Waals surface area contributed by atoms with Crippen LogP contribution in [0.5, 0.6) is 0 Å². The molecule has 1 aliphatic rings. The van der Waals surface area contributed by atoms with Crippen molar-refractivity contribution in [3.8, 4) is 0 Å². The summed E-state index contributed by atoms with van der Waals surface area (Å²) in [5.41, 5.74) is 3.45. The summed E-state index contributed by atoms with van der Waals surface area (Å²) in [5.74, 6) is -0.217. The number of carbonyl (C=O) groups excluding carboxylic acids is 2. The van der Waals surface area contributed by atoms with E-state index in [-0.39, 0.29) is 24.2 Å². The highest BCUT2D eigenvalue weighted by atomic mass is 19.1. The van der Waals surface area contributed by atoms with Crippen LogP contribution in [0.3, 0.4) is 0 Å². The third-order valence-electron chi connectivity index (χ3n) is 6.50. The first-order valence-corrected chi connectivity index (χ1v) is 12.2. The van der Waals surface area contributed by atoms with Crippen molar-refractivity contribution in [3.63, 3.8) is 0 Å².